The van der Waals surface area contributed by atoms with Gasteiger partial charge in [0.15, 0.2) is 0 Å². The van der Waals surface area contributed by atoms with E-state index < -0.39 is 0 Å². The average Bonchev–Trinajstić information content (AvgIpc) is 3.20. The van der Waals surface area contributed by atoms with Gasteiger partial charge in [0.2, 0.25) is 0 Å². The Morgan fingerprint density at radius 1 is 0.861 bits per heavy atom. The monoisotopic (exact) mass is 502 g/mol. The maximum Gasteiger partial charge on any atom is 0.0543 e. The zero-order valence-electron chi connectivity index (χ0n) is 25.2. The van der Waals surface area contributed by atoms with Gasteiger partial charge in [-0.15, -0.1) is 0 Å². The first-order valence-electron chi connectivity index (χ1n) is 16.3. The Morgan fingerprint density at radius 3 is 2.25 bits per heavy atom. The van der Waals surface area contributed by atoms with Crippen LogP contribution in [0.1, 0.15) is 119 Å². The van der Waals surface area contributed by atoms with Gasteiger partial charge >= 0.3 is 0 Å². The number of nitrogens with one attached hydrogen (secondary N) is 1. The van der Waals surface area contributed by atoms with Gasteiger partial charge in [-0.2, -0.15) is 0 Å². The Hall–Kier alpha value is -0.120. The quantitative estimate of drug-likeness (QED) is 0.309. The molecule has 4 fully saturated rings. The minimum atomic E-state index is -0.0805. The number of aliphatic hydroxyl groups excluding tert-OH is 1. The molecule has 0 saturated heterocycles. The summed E-state index contributed by atoms with van der Waals surface area (Å²) in [6.45, 7) is 21.9. The highest BCUT2D eigenvalue weighted by atomic mass is 16.3. The van der Waals surface area contributed by atoms with E-state index in [4.69, 9.17) is 0 Å². The summed E-state index contributed by atoms with van der Waals surface area (Å²) in [6.07, 6.45) is 14.7. The summed E-state index contributed by atoms with van der Waals surface area (Å²) in [5, 5.41) is 14.8. The van der Waals surface area contributed by atoms with Crippen LogP contribution in [0.3, 0.4) is 0 Å². The fourth-order valence-corrected chi connectivity index (χ4v) is 10.5. The number of aliphatic hydroxyl groups is 1. The minimum Gasteiger partial charge on any atom is -0.393 e. The van der Waals surface area contributed by atoms with Gasteiger partial charge in [0.25, 0.3) is 0 Å². The molecular weight excluding hydrogens is 440 g/mol. The van der Waals surface area contributed by atoms with E-state index in [1.54, 1.807) is 0 Å². The van der Waals surface area contributed by atoms with Crippen LogP contribution in [0.5, 0.6) is 0 Å². The molecule has 4 rings (SSSR count). The van der Waals surface area contributed by atoms with Crippen molar-refractivity contribution in [3.05, 3.63) is 0 Å². The van der Waals surface area contributed by atoms with Crippen molar-refractivity contribution in [1.29, 1.82) is 0 Å². The van der Waals surface area contributed by atoms with Gasteiger partial charge in [0.1, 0.15) is 0 Å². The number of fused-ring (bicyclic) bond motifs is 5. The van der Waals surface area contributed by atoms with Crippen molar-refractivity contribution in [2.75, 3.05) is 26.2 Å². The summed E-state index contributed by atoms with van der Waals surface area (Å²) in [7, 11) is 0. The van der Waals surface area contributed by atoms with Crippen LogP contribution >= 0.6 is 0 Å². The zero-order chi connectivity index (χ0) is 26.1. The molecule has 2 N–H and O–H groups in total. The van der Waals surface area contributed by atoms with E-state index in [-0.39, 0.29) is 6.10 Å². The van der Waals surface area contributed by atoms with Crippen molar-refractivity contribution in [2.45, 2.75) is 131 Å². The van der Waals surface area contributed by atoms with Crippen LogP contribution in [0, 0.1) is 52.3 Å². The highest BCUT2D eigenvalue weighted by Gasteiger charge is 2.62. The second kappa shape index (κ2) is 12.0. The van der Waals surface area contributed by atoms with E-state index in [1.807, 2.05) is 0 Å². The van der Waals surface area contributed by atoms with Gasteiger partial charge in [-0.05, 0) is 117 Å². The molecule has 0 amide bonds. The van der Waals surface area contributed by atoms with Crippen LogP contribution in [0.4, 0.5) is 0 Å². The molecule has 4 aliphatic rings. The molecule has 0 bridgehead atoms. The van der Waals surface area contributed by atoms with Crippen molar-refractivity contribution in [1.82, 2.24) is 10.2 Å². The first-order chi connectivity index (χ1) is 17.1. The fraction of sp³-hybridized carbons (Fsp3) is 1.00. The molecule has 0 radical (unpaired) electrons. The molecule has 4 saturated carbocycles. The van der Waals surface area contributed by atoms with E-state index in [0.29, 0.717) is 22.8 Å². The maximum absolute atomic E-state index is 10.7. The first-order valence-corrected chi connectivity index (χ1v) is 16.3. The van der Waals surface area contributed by atoms with E-state index >= 15 is 0 Å². The van der Waals surface area contributed by atoms with Gasteiger partial charge in [0.05, 0.1) is 6.10 Å². The SMILES string of the molecule is CCN(CC)CCNC1C[C@H]2[C@@H]3CC[C@H]([C@H](C)CCCC(C)C)[C@@]3(C)CC[C@@H]2[C@@]2(C)CCC(O)CC12. The van der Waals surface area contributed by atoms with Crippen molar-refractivity contribution in [3.8, 4) is 0 Å². The zero-order valence-corrected chi connectivity index (χ0v) is 25.2. The third-order valence-corrected chi connectivity index (χ3v) is 12.6. The van der Waals surface area contributed by atoms with Gasteiger partial charge in [-0.25, -0.2) is 0 Å². The van der Waals surface area contributed by atoms with Crippen LogP contribution in [0.2, 0.25) is 0 Å². The van der Waals surface area contributed by atoms with E-state index in [2.05, 4.69) is 58.7 Å². The lowest BCUT2D eigenvalue weighted by molar-refractivity contribution is -0.141. The third kappa shape index (κ3) is 5.60. The Balaban J connectivity index is 1.50. The molecule has 3 unspecified atom stereocenters. The molecule has 3 heteroatoms. The van der Waals surface area contributed by atoms with Gasteiger partial charge in [-0.1, -0.05) is 67.7 Å². The molecule has 3 nitrogen and oxygen atoms in total. The molecule has 36 heavy (non-hydrogen) atoms. The lowest BCUT2D eigenvalue weighted by atomic mass is 9.43. The van der Waals surface area contributed by atoms with Gasteiger partial charge in [0, 0.05) is 19.1 Å². The molecule has 0 aromatic carbocycles. The summed E-state index contributed by atoms with van der Waals surface area (Å²) in [6, 6.07) is 0.589. The summed E-state index contributed by atoms with van der Waals surface area (Å²) in [5.74, 6) is 6.00. The molecule has 0 heterocycles. The Labute approximate surface area is 224 Å². The number of nitrogens with zero attached hydrogens (tertiary/aromatic N) is 1. The Morgan fingerprint density at radius 2 is 1.56 bits per heavy atom. The Bertz CT molecular complexity index is 691. The molecule has 0 aliphatic heterocycles. The van der Waals surface area contributed by atoms with Crippen LogP contribution in [0.25, 0.3) is 0 Å². The minimum absolute atomic E-state index is 0.0805. The van der Waals surface area contributed by atoms with Crippen LogP contribution in [-0.4, -0.2) is 48.3 Å². The van der Waals surface area contributed by atoms with E-state index in [1.165, 1.54) is 57.8 Å². The highest BCUT2D eigenvalue weighted by Crippen LogP contribution is 2.68. The number of hydrogen-bond donors (Lipinski definition) is 2. The summed E-state index contributed by atoms with van der Waals surface area (Å²) in [5.41, 5.74) is 0.971. The first kappa shape index (κ1) is 28.9. The lowest BCUT2D eigenvalue weighted by Gasteiger charge is -2.63. The predicted octanol–water partition coefficient (Wildman–Crippen LogP) is 7.38. The number of likely N-dealkylation sites (N-methyl/N-ethyl adjacent to an activating group) is 1. The standard InChI is InChI=1S/C33H62N2O/c1-8-35(9-2)20-19-34-31-22-26-28-14-13-27(24(5)12-10-11-23(3)4)32(28,6)18-16-29(26)33(7)17-15-25(36)21-30(31)33/h23-31,34,36H,8-22H2,1-7H3/t24-,25?,26+,27-,28+,29+,30?,31?,32-,33-/m1/s1. The fourth-order valence-electron chi connectivity index (χ4n) is 10.5. The van der Waals surface area contributed by atoms with Crippen LogP contribution < -0.4 is 5.32 Å². The highest BCUT2D eigenvalue weighted by molar-refractivity contribution is 5.12. The third-order valence-electron chi connectivity index (χ3n) is 12.6. The van der Waals surface area contributed by atoms with E-state index in [9.17, 15) is 5.11 Å². The maximum atomic E-state index is 10.7. The van der Waals surface area contributed by atoms with Crippen LogP contribution in [-0.2, 0) is 0 Å². The average molecular weight is 503 g/mol. The smallest absolute Gasteiger partial charge is 0.0543 e. The summed E-state index contributed by atoms with van der Waals surface area (Å²) in [4.78, 5) is 2.55. The van der Waals surface area contributed by atoms with Gasteiger partial charge < -0.3 is 15.3 Å². The molecule has 210 valence electrons. The molecule has 4 aliphatic carbocycles. The van der Waals surface area contributed by atoms with Crippen molar-refractivity contribution in [3.63, 3.8) is 0 Å². The molecule has 10 atom stereocenters. The molecule has 0 spiro atoms. The summed E-state index contributed by atoms with van der Waals surface area (Å²) >= 11 is 0. The lowest BCUT2D eigenvalue weighted by Crippen LogP contribution is -2.61. The largest absolute Gasteiger partial charge is 0.393 e. The number of rotatable bonds is 11. The second-order valence-corrected chi connectivity index (χ2v) is 14.8. The van der Waals surface area contributed by atoms with Gasteiger partial charge in [-0.3, -0.25) is 0 Å². The predicted molar refractivity (Wildman–Crippen MR) is 154 cm³/mol. The molecule has 0 aromatic heterocycles. The number of hydrogen-bond acceptors (Lipinski definition) is 3. The van der Waals surface area contributed by atoms with Crippen molar-refractivity contribution >= 4 is 0 Å². The topological polar surface area (TPSA) is 35.5 Å². The molecule has 0 aromatic rings. The Kier molecular flexibility index (Phi) is 9.59. The van der Waals surface area contributed by atoms with E-state index in [0.717, 1.165) is 74.5 Å². The molecular formula is C33H62N2O. The van der Waals surface area contributed by atoms with Crippen molar-refractivity contribution < 1.29 is 5.11 Å². The normalized spacial score (nSPS) is 43.3. The second-order valence-electron chi connectivity index (χ2n) is 14.8. The van der Waals surface area contributed by atoms with Crippen LogP contribution in [0.15, 0.2) is 0 Å². The van der Waals surface area contributed by atoms with Crippen molar-refractivity contribution in [2.24, 2.45) is 52.3 Å². The summed E-state index contributed by atoms with van der Waals surface area (Å²) < 4.78 is 0.